The van der Waals surface area contributed by atoms with Crippen molar-refractivity contribution in [1.29, 1.82) is 0 Å². The Morgan fingerprint density at radius 3 is 2.58 bits per heavy atom. The number of nitrogens with zero attached hydrogens (tertiary/aromatic N) is 3. The highest BCUT2D eigenvalue weighted by Crippen LogP contribution is 2.24. The molecule has 0 saturated carbocycles. The summed E-state index contributed by atoms with van der Waals surface area (Å²) in [6, 6.07) is 9.70. The van der Waals surface area contributed by atoms with Crippen LogP contribution in [0.1, 0.15) is 10.4 Å². The van der Waals surface area contributed by atoms with E-state index in [1.165, 1.54) is 10.7 Å². The molecule has 19 heavy (non-hydrogen) atoms. The summed E-state index contributed by atoms with van der Waals surface area (Å²) >= 11 is 0. The van der Waals surface area contributed by atoms with Crippen LogP contribution in [0, 0.1) is 0 Å². The average Bonchev–Trinajstić information content (AvgIpc) is 2.84. The van der Waals surface area contributed by atoms with E-state index in [1.807, 2.05) is 30.3 Å². The number of primary amides is 1. The molecule has 2 aromatic heterocycles. The molecule has 1 aromatic carbocycles. The van der Waals surface area contributed by atoms with E-state index in [2.05, 4.69) is 10.1 Å². The lowest BCUT2D eigenvalue weighted by molar-refractivity contribution is 0.100. The number of rotatable bonds is 2. The van der Waals surface area contributed by atoms with E-state index in [0.29, 0.717) is 5.65 Å². The maximum Gasteiger partial charge on any atom is 0.254 e. The molecule has 0 unspecified atom stereocenters. The second kappa shape index (κ2) is 4.09. The van der Waals surface area contributed by atoms with E-state index in [-0.39, 0.29) is 11.4 Å². The highest BCUT2D eigenvalue weighted by molar-refractivity contribution is 5.97. The fourth-order valence-electron chi connectivity index (χ4n) is 1.96. The number of benzene rings is 1. The van der Waals surface area contributed by atoms with Crippen molar-refractivity contribution in [3.63, 3.8) is 0 Å². The second-order valence-electron chi connectivity index (χ2n) is 4.08. The predicted molar refractivity (Wildman–Crippen MR) is 71.4 cm³/mol. The van der Waals surface area contributed by atoms with E-state index in [4.69, 9.17) is 11.5 Å². The molecule has 6 heteroatoms. The molecule has 3 rings (SSSR count). The summed E-state index contributed by atoms with van der Waals surface area (Å²) in [5.74, 6) is -0.427. The van der Waals surface area contributed by atoms with Crippen molar-refractivity contribution in [3.8, 4) is 11.1 Å². The topological polar surface area (TPSA) is 99.3 Å². The van der Waals surface area contributed by atoms with Gasteiger partial charge in [-0.25, -0.2) is 4.98 Å². The largest absolute Gasteiger partial charge is 0.383 e. The highest BCUT2D eigenvalue weighted by atomic mass is 16.1. The van der Waals surface area contributed by atoms with Crippen LogP contribution in [0.5, 0.6) is 0 Å². The highest BCUT2D eigenvalue weighted by Gasteiger charge is 2.14. The van der Waals surface area contributed by atoms with Gasteiger partial charge in [-0.2, -0.15) is 9.61 Å². The molecule has 0 fully saturated rings. The van der Waals surface area contributed by atoms with E-state index in [9.17, 15) is 4.79 Å². The number of hydrogen-bond acceptors (Lipinski definition) is 4. The van der Waals surface area contributed by atoms with Crippen LogP contribution in [0.3, 0.4) is 0 Å². The number of fused-ring (bicyclic) bond motifs is 1. The van der Waals surface area contributed by atoms with Gasteiger partial charge in [-0.05, 0) is 5.56 Å². The Labute approximate surface area is 108 Å². The maximum atomic E-state index is 11.2. The molecule has 0 bridgehead atoms. The van der Waals surface area contributed by atoms with Gasteiger partial charge in [0.25, 0.3) is 5.91 Å². The van der Waals surface area contributed by atoms with Crippen molar-refractivity contribution >= 4 is 17.4 Å². The van der Waals surface area contributed by atoms with Crippen LogP contribution < -0.4 is 11.5 Å². The van der Waals surface area contributed by atoms with Gasteiger partial charge in [-0.1, -0.05) is 30.3 Å². The van der Waals surface area contributed by atoms with Gasteiger partial charge in [-0.15, -0.1) is 0 Å². The van der Waals surface area contributed by atoms with E-state index in [1.54, 1.807) is 6.20 Å². The van der Waals surface area contributed by atoms with Crippen LogP contribution >= 0.6 is 0 Å². The van der Waals surface area contributed by atoms with Gasteiger partial charge in [0.1, 0.15) is 5.82 Å². The quantitative estimate of drug-likeness (QED) is 0.713. The standard InChI is InChI=1S/C13H11N5O/c14-11-10(12(15)19)6-16-13-9(7-17-18(11)13)8-4-2-1-3-5-8/h1-7H,14H2,(H2,15,19). The summed E-state index contributed by atoms with van der Waals surface area (Å²) < 4.78 is 1.42. The van der Waals surface area contributed by atoms with Crippen LogP contribution in [0.15, 0.2) is 42.7 Å². The number of carbonyl (C=O) groups is 1. The summed E-state index contributed by atoms with van der Waals surface area (Å²) in [6.45, 7) is 0. The Morgan fingerprint density at radius 1 is 1.16 bits per heavy atom. The van der Waals surface area contributed by atoms with E-state index >= 15 is 0 Å². The first-order valence-corrected chi connectivity index (χ1v) is 5.66. The third-order valence-corrected chi connectivity index (χ3v) is 2.91. The Balaban J connectivity index is 2.26. The van der Waals surface area contributed by atoms with Gasteiger partial charge in [0, 0.05) is 11.8 Å². The number of nitrogen functional groups attached to an aromatic ring is 1. The monoisotopic (exact) mass is 253 g/mol. The minimum absolute atomic E-state index is 0.162. The molecular formula is C13H11N5O. The molecule has 0 radical (unpaired) electrons. The molecule has 3 aromatic rings. The van der Waals surface area contributed by atoms with Crippen molar-refractivity contribution < 1.29 is 4.79 Å². The van der Waals surface area contributed by atoms with Crippen LogP contribution in [-0.4, -0.2) is 20.5 Å². The fraction of sp³-hybridized carbons (Fsp3) is 0. The minimum atomic E-state index is -0.622. The number of carbonyl (C=O) groups excluding carboxylic acids is 1. The number of amides is 1. The molecule has 0 atom stereocenters. The lowest BCUT2D eigenvalue weighted by atomic mass is 10.1. The Bertz CT molecular complexity index is 763. The zero-order valence-corrected chi connectivity index (χ0v) is 9.95. The zero-order valence-electron chi connectivity index (χ0n) is 9.95. The van der Waals surface area contributed by atoms with Crippen molar-refractivity contribution in [1.82, 2.24) is 14.6 Å². The van der Waals surface area contributed by atoms with Gasteiger partial charge in [0.15, 0.2) is 5.65 Å². The summed E-state index contributed by atoms with van der Waals surface area (Å²) in [5, 5.41) is 4.16. The van der Waals surface area contributed by atoms with Crippen molar-refractivity contribution in [3.05, 3.63) is 48.3 Å². The molecule has 0 saturated heterocycles. The average molecular weight is 253 g/mol. The zero-order chi connectivity index (χ0) is 13.4. The molecule has 4 N–H and O–H groups in total. The van der Waals surface area contributed by atoms with E-state index < -0.39 is 5.91 Å². The molecule has 2 heterocycles. The van der Waals surface area contributed by atoms with E-state index in [0.717, 1.165) is 11.1 Å². The Hall–Kier alpha value is -2.89. The Kier molecular flexibility index (Phi) is 2.42. The third-order valence-electron chi connectivity index (χ3n) is 2.91. The van der Waals surface area contributed by atoms with Crippen molar-refractivity contribution in [2.45, 2.75) is 0 Å². The fourth-order valence-corrected chi connectivity index (χ4v) is 1.96. The number of hydrogen-bond donors (Lipinski definition) is 2. The van der Waals surface area contributed by atoms with Crippen LogP contribution in [0.25, 0.3) is 16.8 Å². The molecular weight excluding hydrogens is 242 g/mol. The van der Waals surface area contributed by atoms with Crippen LogP contribution in [0.2, 0.25) is 0 Å². The molecule has 0 spiro atoms. The summed E-state index contributed by atoms with van der Waals surface area (Å²) in [5.41, 5.74) is 13.7. The molecule has 6 nitrogen and oxygen atoms in total. The lowest BCUT2D eigenvalue weighted by Crippen LogP contribution is -2.16. The van der Waals surface area contributed by atoms with Gasteiger partial charge >= 0.3 is 0 Å². The molecule has 1 amide bonds. The normalized spacial score (nSPS) is 10.7. The molecule has 0 aliphatic carbocycles. The van der Waals surface area contributed by atoms with Gasteiger partial charge in [0.2, 0.25) is 0 Å². The number of anilines is 1. The third kappa shape index (κ3) is 1.70. The molecule has 0 aliphatic heterocycles. The van der Waals surface area contributed by atoms with Crippen LogP contribution in [-0.2, 0) is 0 Å². The summed E-state index contributed by atoms with van der Waals surface area (Å²) in [6.07, 6.45) is 3.04. The molecule has 0 aliphatic rings. The first kappa shape index (κ1) is 11.2. The van der Waals surface area contributed by atoms with Gasteiger partial charge < -0.3 is 11.5 Å². The predicted octanol–water partition coefficient (Wildman–Crippen LogP) is 1.08. The first-order valence-electron chi connectivity index (χ1n) is 5.66. The summed E-state index contributed by atoms with van der Waals surface area (Å²) in [4.78, 5) is 15.4. The number of nitrogens with two attached hydrogens (primary N) is 2. The lowest BCUT2D eigenvalue weighted by Gasteiger charge is -2.04. The minimum Gasteiger partial charge on any atom is -0.383 e. The van der Waals surface area contributed by atoms with Crippen molar-refractivity contribution in [2.24, 2.45) is 5.73 Å². The SMILES string of the molecule is NC(=O)c1cnc2c(-c3ccccc3)cnn2c1N. The summed E-state index contributed by atoms with van der Waals surface area (Å²) in [7, 11) is 0. The van der Waals surface area contributed by atoms with Gasteiger partial charge in [-0.3, -0.25) is 4.79 Å². The Morgan fingerprint density at radius 2 is 1.89 bits per heavy atom. The van der Waals surface area contributed by atoms with Crippen molar-refractivity contribution in [2.75, 3.05) is 5.73 Å². The maximum absolute atomic E-state index is 11.2. The number of aromatic nitrogens is 3. The van der Waals surface area contributed by atoms with Crippen LogP contribution in [0.4, 0.5) is 5.82 Å². The second-order valence-corrected chi connectivity index (χ2v) is 4.08. The first-order chi connectivity index (χ1) is 9.18. The van der Waals surface area contributed by atoms with Gasteiger partial charge in [0.05, 0.1) is 11.8 Å². The molecule has 94 valence electrons. The smallest absolute Gasteiger partial charge is 0.254 e.